The first-order valence-corrected chi connectivity index (χ1v) is 7.32. The predicted molar refractivity (Wildman–Crippen MR) is 78.0 cm³/mol. The van der Waals surface area contributed by atoms with E-state index in [-0.39, 0.29) is 17.3 Å². The van der Waals surface area contributed by atoms with Gasteiger partial charge in [0.1, 0.15) is 18.1 Å². The topological polar surface area (TPSA) is 74.8 Å². The lowest BCUT2D eigenvalue weighted by Crippen LogP contribution is -2.24. The average Bonchev–Trinajstić information content (AvgIpc) is 3.12. The number of hydrogen-bond donors (Lipinski definition) is 0. The van der Waals surface area contributed by atoms with Gasteiger partial charge in [-0.2, -0.15) is 9.36 Å². The van der Waals surface area contributed by atoms with Gasteiger partial charge in [0.25, 0.3) is 5.19 Å². The van der Waals surface area contributed by atoms with Gasteiger partial charge >= 0.3 is 5.69 Å². The molecule has 0 unspecified atom stereocenters. The summed E-state index contributed by atoms with van der Waals surface area (Å²) in [6.45, 7) is -0.0531. The van der Waals surface area contributed by atoms with Gasteiger partial charge in [0.05, 0.1) is 0 Å². The second-order valence-corrected chi connectivity index (χ2v) is 5.50. The van der Waals surface area contributed by atoms with Gasteiger partial charge in [-0.3, -0.25) is 0 Å². The maximum absolute atomic E-state index is 14.2. The maximum atomic E-state index is 14.2. The molecule has 0 radical (unpaired) electrons. The second kappa shape index (κ2) is 5.85. The normalized spacial score (nSPS) is 10.9. The summed E-state index contributed by atoms with van der Waals surface area (Å²) >= 11 is 7.41. The van der Waals surface area contributed by atoms with Crippen LogP contribution in [-0.4, -0.2) is 24.8 Å². The van der Waals surface area contributed by atoms with Gasteiger partial charge in [0.2, 0.25) is 0 Å². The first kappa shape index (κ1) is 14.7. The van der Waals surface area contributed by atoms with Crippen molar-refractivity contribution >= 4 is 22.9 Å². The minimum Gasteiger partial charge on any atom is -0.465 e. The molecule has 0 N–H and O–H groups in total. The van der Waals surface area contributed by atoms with Gasteiger partial charge in [-0.1, -0.05) is 22.9 Å². The fourth-order valence-electron chi connectivity index (χ4n) is 1.82. The van der Waals surface area contributed by atoms with Crippen LogP contribution in [0.25, 0.3) is 5.69 Å². The summed E-state index contributed by atoms with van der Waals surface area (Å²) in [5, 5.41) is 9.63. The Morgan fingerprint density at radius 2 is 2.23 bits per heavy atom. The van der Waals surface area contributed by atoms with Crippen molar-refractivity contribution in [1.29, 1.82) is 0 Å². The Hall–Kier alpha value is -2.26. The van der Waals surface area contributed by atoms with Gasteiger partial charge < -0.3 is 4.74 Å². The second-order valence-electron chi connectivity index (χ2n) is 4.24. The third kappa shape index (κ3) is 2.60. The largest absolute Gasteiger partial charge is 0.465 e. The molecule has 3 rings (SSSR count). The van der Waals surface area contributed by atoms with E-state index >= 15 is 0 Å². The standard InChI is InChI=1S/C12H9ClFN5O2S/c1-18-12(20)19(17-16-18)10-7(8(13)2-3-9(10)14)6-21-11-15-4-5-22-11/h2-5H,6H2,1H3. The molecule has 0 aliphatic heterocycles. The van der Waals surface area contributed by atoms with Gasteiger partial charge in [-0.05, 0) is 22.6 Å². The van der Waals surface area contributed by atoms with Gasteiger partial charge in [0, 0.05) is 29.2 Å². The van der Waals surface area contributed by atoms with Crippen LogP contribution >= 0.6 is 22.9 Å². The van der Waals surface area contributed by atoms with E-state index in [1.807, 2.05) is 0 Å². The molecule has 0 atom stereocenters. The molecule has 0 aliphatic carbocycles. The fraction of sp³-hybridized carbons (Fsp3) is 0.167. The number of benzene rings is 1. The molecule has 0 bridgehead atoms. The number of ether oxygens (including phenoxy) is 1. The lowest BCUT2D eigenvalue weighted by Gasteiger charge is -2.11. The van der Waals surface area contributed by atoms with Crippen molar-refractivity contribution in [2.45, 2.75) is 6.61 Å². The third-order valence-electron chi connectivity index (χ3n) is 2.86. The first-order valence-electron chi connectivity index (χ1n) is 6.06. The molecule has 7 nitrogen and oxygen atoms in total. The van der Waals surface area contributed by atoms with Crippen LogP contribution in [0.15, 0.2) is 28.5 Å². The van der Waals surface area contributed by atoms with Crippen molar-refractivity contribution in [2.24, 2.45) is 7.05 Å². The average molecular weight is 342 g/mol. The Kier molecular flexibility index (Phi) is 3.90. The smallest absolute Gasteiger partial charge is 0.368 e. The molecular formula is C12H9ClFN5O2S. The molecule has 0 saturated heterocycles. The number of aromatic nitrogens is 5. The monoisotopic (exact) mass is 341 g/mol. The fourth-order valence-corrected chi connectivity index (χ4v) is 2.51. The van der Waals surface area contributed by atoms with Gasteiger partial charge in [-0.25, -0.2) is 14.2 Å². The number of thiazole rings is 1. The van der Waals surface area contributed by atoms with Crippen molar-refractivity contribution < 1.29 is 9.13 Å². The van der Waals surface area contributed by atoms with E-state index < -0.39 is 11.5 Å². The Balaban J connectivity index is 2.07. The van der Waals surface area contributed by atoms with E-state index in [9.17, 15) is 9.18 Å². The van der Waals surface area contributed by atoms with Gasteiger partial charge in [0.15, 0.2) is 0 Å². The predicted octanol–water partition coefficient (Wildman–Crippen LogP) is 1.79. The van der Waals surface area contributed by atoms with Crippen LogP contribution < -0.4 is 10.4 Å². The van der Waals surface area contributed by atoms with Crippen LogP contribution in [0, 0.1) is 5.82 Å². The molecule has 0 fully saturated rings. The molecule has 22 heavy (non-hydrogen) atoms. The molecule has 3 aromatic rings. The minimum absolute atomic E-state index is 0.0531. The van der Waals surface area contributed by atoms with Crippen LogP contribution in [0.5, 0.6) is 5.19 Å². The van der Waals surface area contributed by atoms with Crippen LogP contribution in [0.4, 0.5) is 4.39 Å². The van der Waals surface area contributed by atoms with Crippen LogP contribution in [0.1, 0.15) is 5.56 Å². The van der Waals surface area contributed by atoms with E-state index in [1.165, 1.54) is 24.5 Å². The zero-order valence-corrected chi connectivity index (χ0v) is 12.8. The summed E-state index contributed by atoms with van der Waals surface area (Å²) in [5.74, 6) is -0.648. The van der Waals surface area contributed by atoms with Crippen LogP contribution in [-0.2, 0) is 13.7 Å². The van der Waals surface area contributed by atoms with E-state index in [1.54, 1.807) is 11.6 Å². The number of aryl methyl sites for hydroxylation is 1. The number of nitrogens with zero attached hydrogens (tertiary/aromatic N) is 5. The van der Waals surface area contributed by atoms with Gasteiger partial charge in [-0.15, -0.1) is 0 Å². The highest BCUT2D eigenvalue weighted by Gasteiger charge is 2.19. The minimum atomic E-state index is -0.648. The SMILES string of the molecule is Cn1nnn(-c2c(F)ccc(Cl)c2COc2nccs2)c1=O. The van der Waals surface area contributed by atoms with Crippen molar-refractivity contribution in [1.82, 2.24) is 24.8 Å². The summed E-state index contributed by atoms with van der Waals surface area (Å²) in [6, 6.07) is 2.55. The molecule has 2 aromatic heterocycles. The third-order valence-corrected chi connectivity index (χ3v) is 3.90. The molecule has 0 spiro atoms. The van der Waals surface area contributed by atoms with E-state index in [4.69, 9.17) is 16.3 Å². The van der Waals surface area contributed by atoms with Crippen molar-refractivity contribution in [3.05, 3.63) is 50.6 Å². The Morgan fingerprint density at radius 1 is 1.41 bits per heavy atom. The first-order chi connectivity index (χ1) is 10.6. The lowest BCUT2D eigenvalue weighted by atomic mass is 10.2. The van der Waals surface area contributed by atoms with E-state index in [2.05, 4.69) is 15.4 Å². The Bertz CT molecular complexity index is 861. The molecule has 10 heteroatoms. The summed E-state index contributed by atoms with van der Waals surface area (Å²) in [7, 11) is 1.42. The molecule has 0 aliphatic rings. The number of halogens is 2. The Morgan fingerprint density at radius 3 is 2.86 bits per heavy atom. The molecule has 114 valence electrons. The summed E-state index contributed by atoms with van der Waals surface area (Å²) < 4.78 is 21.5. The zero-order valence-electron chi connectivity index (χ0n) is 11.2. The molecule has 2 heterocycles. The van der Waals surface area contributed by atoms with Crippen molar-refractivity contribution in [3.63, 3.8) is 0 Å². The highest BCUT2D eigenvalue weighted by Crippen LogP contribution is 2.27. The van der Waals surface area contributed by atoms with Crippen molar-refractivity contribution in [3.8, 4) is 10.9 Å². The van der Waals surface area contributed by atoms with Crippen LogP contribution in [0.2, 0.25) is 5.02 Å². The van der Waals surface area contributed by atoms with Crippen LogP contribution in [0.3, 0.4) is 0 Å². The summed E-state index contributed by atoms with van der Waals surface area (Å²) in [4.78, 5) is 15.9. The number of rotatable bonds is 4. The molecular weight excluding hydrogens is 333 g/mol. The number of hydrogen-bond acceptors (Lipinski definition) is 6. The highest BCUT2D eigenvalue weighted by atomic mass is 35.5. The van der Waals surface area contributed by atoms with Crippen molar-refractivity contribution in [2.75, 3.05) is 0 Å². The van der Waals surface area contributed by atoms with E-state index in [0.29, 0.717) is 10.8 Å². The highest BCUT2D eigenvalue weighted by molar-refractivity contribution is 7.11. The summed E-state index contributed by atoms with van der Waals surface area (Å²) in [5.41, 5.74) is -0.377. The maximum Gasteiger partial charge on any atom is 0.368 e. The number of tetrazole rings is 1. The molecule has 0 saturated carbocycles. The molecule has 1 aromatic carbocycles. The van der Waals surface area contributed by atoms with E-state index in [0.717, 1.165) is 15.4 Å². The summed E-state index contributed by atoms with van der Waals surface area (Å²) in [6.07, 6.45) is 1.58. The Labute approximate surface area is 132 Å². The lowest BCUT2D eigenvalue weighted by molar-refractivity contribution is 0.303. The molecule has 0 amide bonds. The zero-order chi connectivity index (χ0) is 15.7. The quantitative estimate of drug-likeness (QED) is 0.723.